The quantitative estimate of drug-likeness (QED) is 0.168. The Morgan fingerprint density at radius 1 is 0.355 bits per heavy atom. The number of fused-ring (bicyclic) bond motifs is 10. The maximum Gasteiger partial charge on any atom is 0.145 e. The highest BCUT2D eigenvalue weighted by atomic mass is 16.3. The molecule has 0 spiro atoms. The van der Waals surface area contributed by atoms with Crippen LogP contribution in [0.2, 0.25) is 0 Å². The Hall–Kier alpha value is -8.34. The predicted octanol–water partition coefficient (Wildman–Crippen LogP) is 16.5. The monoisotopic (exact) mass is 792 g/mol. The van der Waals surface area contributed by atoms with E-state index in [2.05, 4.69) is 216 Å². The van der Waals surface area contributed by atoms with Gasteiger partial charge in [0.05, 0.1) is 27.8 Å². The van der Waals surface area contributed by atoms with Crippen LogP contribution in [-0.4, -0.2) is 4.57 Å². The molecule has 0 bridgehead atoms. The van der Waals surface area contributed by atoms with Crippen LogP contribution in [0.25, 0.3) is 104 Å². The van der Waals surface area contributed by atoms with Crippen molar-refractivity contribution >= 4 is 93.5 Å². The highest BCUT2D eigenvalue weighted by Gasteiger charge is 2.25. The van der Waals surface area contributed by atoms with Crippen LogP contribution >= 0.6 is 0 Å². The third-order valence-corrected chi connectivity index (χ3v) is 12.6. The van der Waals surface area contributed by atoms with Gasteiger partial charge in [0.2, 0.25) is 0 Å². The third-order valence-electron chi connectivity index (χ3n) is 12.6. The lowest BCUT2D eigenvalue weighted by Gasteiger charge is -2.29. The molecular formula is C58H36N2O2. The molecule has 10 aromatic carbocycles. The van der Waals surface area contributed by atoms with E-state index in [1.165, 1.54) is 32.6 Å². The minimum absolute atomic E-state index is 0.839. The van der Waals surface area contributed by atoms with Crippen LogP contribution in [0.4, 0.5) is 17.1 Å². The molecule has 0 saturated carbocycles. The van der Waals surface area contributed by atoms with Crippen molar-refractivity contribution in [1.82, 2.24) is 4.57 Å². The van der Waals surface area contributed by atoms with Gasteiger partial charge in [-0.05, 0) is 83.1 Å². The number of hydrogen-bond acceptors (Lipinski definition) is 3. The molecule has 0 radical (unpaired) electrons. The lowest BCUT2D eigenvalue weighted by Crippen LogP contribution is -2.12. The van der Waals surface area contributed by atoms with E-state index in [1.807, 2.05) is 12.1 Å². The molecule has 290 valence electrons. The second-order valence-electron chi connectivity index (χ2n) is 16.0. The van der Waals surface area contributed by atoms with Crippen molar-refractivity contribution in [3.8, 4) is 27.9 Å². The molecule has 4 heteroatoms. The van der Waals surface area contributed by atoms with Gasteiger partial charge >= 0.3 is 0 Å². The van der Waals surface area contributed by atoms with Gasteiger partial charge < -0.3 is 18.3 Å². The zero-order valence-corrected chi connectivity index (χ0v) is 33.5. The van der Waals surface area contributed by atoms with Gasteiger partial charge in [-0.1, -0.05) is 152 Å². The second kappa shape index (κ2) is 13.6. The third kappa shape index (κ3) is 5.20. The number of para-hydroxylation sites is 6. The molecule has 0 aliphatic carbocycles. The minimum atomic E-state index is 0.839. The molecule has 0 atom stereocenters. The maximum absolute atomic E-state index is 7.00. The predicted molar refractivity (Wildman–Crippen MR) is 258 cm³/mol. The van der Waals surface area contributed by atoms with Crippen LogP contribution < -0.4 is 4.90 Å². The van der Waals surface area contributed by atoms with E-state index in [-0.39, 0.29) is 0 Å². The fourth-order valence-electron chi connectivity index (χ4n) is 9.82. The highest BCUT2D eigenvalue weighted by molar-refractivity contribution is 6.18. The molecule has 4 nitrogen and oxygen atoms in total. The van der Waals surface area contributed by atoms with Gasteiger partial charge in [0.25, 0.3) is 0 Å². The second-order valence-corrected chi connectivity index (χ2v) is 16.0. The molecule has 0 unspecified atom stereocenters. The summed E-state index contributed by atoms with van der Waals surface area (Å²) in [5, 5.41) is 9.14. The number of benzene rings is 10. The Kier molecular flexibility index (Phi) is 7.57. The summed E-state index contributed by atoms with van der Waals surface area (Å²) in [5.41, 5.74) is 14.2. The van der Waals surface area contributed by atoms with E-state index in [9.17, 15) is 0 Å². The Morgan fingerprint density at radius 3 is 1.79 bits per heavy atom. The number of furan rings is 2. The van der Waals surface area contributed by atoms with Crippen molar-refractivity contribution in [1.29, 1.82) is 0 Å². The first-order valence-corrected chi connectivity index (χ1v) is 21.1. The average molecular weight is 793 g/mol. The summed E-state index contributed by atoms with van der Waals surface area (Å²) in [7, 11) is 0. The van der Waals surface area contributed by atoms with Gasteiger partial charge in [-0.3, -0.25) is 0 Å². The van der Waals surface area contributed by atoms with Crippen LogP contribution in [0.1, 0.15) is 0 Å². The van der Waals surface area contributed by atoms with Crippen LogP contribution in [0, 0.1) is 0 Å². The van der Waals surface area contributed by atoms with E-state index in [0.717, 1.165) is 88.9 Å². The molecule has 0 amide bonds. The van der Waals surface area contributed by atoms with E-state index in [4.69, 9.17) is 8.83 Å². The van der Waals surface area contributed by atoms with E-state index in [0.29, 0.717) is 0 Å². The van der Waals surface area contributed by atoms with E-state index in [1.54, 1.807) is 0 Å². The molecule has 0 fully saturated rings. The SMILES string of the molecule is c1cc(-c2ccc(N(c3ccc4ccccc4c3)c3ccccc3-c3cccc4c3oc3ccccc34)c3c2oc2ccccc23)cc(-n2c3ccccc3c3ccccc32)c1. The first-order valence-electron chi connectivity index (χ1n) is 21.1. The standard InChI is InChI=1S/C58H36N2O2/c1-2-16-38-35-41(32-31-37(38)15-1)60(52-28-10-5-21-45(52)47-24-14-25-48-46-22-6-11-29-54(46)61-57(47)48)53-34-33-42(58-56(53)49-23-7-12-30-55(49)62-58)39-17-13-18-40(36-39)59-50-26-8-3-19-43(50)44-20-4-9-27-51(44)59/h1-36H. The summed E-state index contributed by atoms with van der Waals surface area (Å²) in [6.45, 7) is 0. The minimum Gasteiger partial charge on any atom is -0.455 e. The first-order chi connectivity index (χ1) is 30.8. The van der Waals surface area contributed by atoms with Crippen molar-refractivity contribution in [3.05, 3.63) is 218 Å². The smallest absolute Gasteiger partial charge is 0.145 e. The summed E-state index contributed by atoms with van der Waals surface area (Å²) in [4.78, 5) is 2.41. The van der Waals surface area contributed by atoms with Crippen molar-refractivity contribution < 1.29 is 8.83 Å². The van der Waals surface area contributed by atoms with Gasteiger partial charge in [0.15, 0.2) is 0 Å². The molecule has 0 N–H and O–H groups in total. The molecule has 3 heterocycles. The Morgan fingerprint density at radius 2 is 0.968 bits per heavy atom. The van der Waals surface area contributed by atoms with Gasteiger partial charge in [-0.25, -0.2) is 0 Å². The Balaban J connectivity index is 1.07. The van der Waals surface area contributed by atoms with Crippen molar-refractivity contribution in [2.45, 2.75) is 0 Å². The number of hydrogen-bond donors (Lipinski definition) is 0. The Labute approximate surface area is 356 Å². The summed E-state index contributed by atoms with van der Waals surface area (Å²) in [5.74, 6) is 0. The molecule has 13 aromatic rings. The van der Waals surface area contributed by atoms with Crippen molar-refractivity contribution in [2.24, 2.45) is 0 Å². The van der Waals surface area contributed by atoms with Gasteiger partial charge in [0.1, 0.15) is 22.3 Å². The summed E-state index contributed by atoms with van der Waals surface area (Å²) < 4.78 is 16.0. The fourth-order valence-corrected chi connectivity index (χ4v) is 9.82. The lowest BCUT2D eigenvalue weighted by molar-refractivity contribution is 0.669. The van der Waals surface area contributed by atoms with Crippen LogP contribution in [0.5, 0.6) is 0 Å². The fraction of sp³-hybridized carbons (Fsp3) is 0. The zero-order valence-electron chi connectivity index (χ0n) is 33.5. The summed E-state index contributed by atoms with van der Waals surface area (Å²) in [6, 6.07) is 77.9. The van der Waals surface area contributed by atoms with E-state index >= 15 is 0 Å². The molecule has 0 saturated heterocycles. The molecule has 0 aliphatic rings. The summed E-state index contributed by atoms with van der Waals surface area (Å²) in [6.07, 6.45) is 0. The first kappa shape index (κ1) is 34.5. The summed E-state index contributed by atoms with van der Waals surface area (Å²) >= 11 is 0. The van der Waals surface area contributed by atoms with Gasteiger partial charge in [0, 0.05) is 55.0 Å². The lowest BCUT2D eigenvalue weighted by atomic mass is 9.97. The number of aromatic nitrogens is 1. The van der Waals surface area contributed by atoms with Crippen LogP contribution in [0.15, 0.2) is 227 Å². The molecule has 3 aromatic heterocycles. The maximum atomic E-state index is 7.00. The zero-order chi connectivity index (χ0) is 40.7. The largest absolute Gasteiger partial charge is 0.455 e. The van der Waals surface area contributed by atoms with Gasteiger partial charge in [-0.15, -0.1) is 0 Å². The Bertz CT molecular complexity index is 3850. The average Bonchev–Trinajstić information content (AvgIpc) is 4.02. The molecule has 62 heavy (non-hydrogen) atoms. The van der Waals surface area contributed by atoms with E-state index < -0.39 is 0 Å². The van der Waals surface area contributed by atoms with Crippen LogP contribution in [-0.2, 0) is 0 Å². The van der Waals surface area contributed by atoms with Crippen LogP contribution in [0.3, 0.4) is 0 Å². The van der Waals surface area contributed by atoms with Crippen molar-refractivity contribution in [3.63, 3.8) is 0 Å². The van der Waals surface area contributed by atoms with Gasteiger partial charge in [-0.2, -0.15) is 0 Å². The molecule has 13 rings (SSSR count). The number of anilines is 3. The van der Waals surface area contributed by atoms with Crippen molar-refractivity contribution in [2.75, 3.05) is 4.90 Å². The topological polar surface area (TPSA) is 34.5 Å². The molecule has 0 aliphatic heterocycles. The highest BCUT2D eigenvalue weighted by Crippen LogP contribution is 2.50. The normalized spacial score (nSPS) is 11.9. The molecular weight excluding hydrogens is 757 g/mol. The number of rotatable bonds is 6. The number of nitrogens with zero attached hydrogens (tertiary/aromatic N) is 2.